The Kier molecular flexibility index (Phi) is 6.66. The minimum Gasteiger partial charge on any atom is -0.489 e. The molecular formula is C23H29N3O6S. The Morgan fingerprint density at radius 3 is 2.73 bits per heavy atom. The molecule has 0 bridgehead atoms. The second kappa shape index (κ2) is 9.48. The number of hydrogen-bond acceptors (Lipinski definition) is 7. The predicted molar refractivity (Wildman–Crippen MR) is 125 cm³/mol. The normalized spacial score (nSPS) is 18.6. The first kappa shape index (κ1) is 23.2. The maximum Gasteiger partial charge on any atom is 0.511 e. The van der Waals surface area contributed by atoms with Gasteiger partial charge in [0.05, 0.1) is 18.0 Å². The highest BCUT2D eigenvalue weighted by Gasteiger charge is 2.45. The summed E-state index contributed by atoms with van der Waals surface area (Å²) in [5.74, 6) is 0.896. The zero-order chi connectivity index (χ0) is 23.6. The molecule has 0 amide bonds. The number of fused-ring (bicyclic) bond motifs is 3. The maximum atomic E-state index is 13.3. The molecule has 1 fully saturated rings. The molecule has 33 heavy (non-hydrogen) atoms. The molecule has 0 saturated heterocycles. The molecule has 1 aliphatic carbocycles. The molecule has 2 atom stereocenters. The highest BCUT2D eigenvalue weighted by molar-refractivity contribution is 7.92. The number of nitrogens with zero attached hydrogens (tertiary/aromatic N) is 1. The molecule has 3 N–H and O–H groups in total. The van der Waals surface area contributed by atoms with Crippen LogP contribution in [0.2, 0.25) is 0 Å². The summed E-state index contributed by atoms with van der Waals surface area (Å²) in [7, 11) is -0.0134. The second-order valence-corrected chi connectivity index (χ2v) is 10.3. The predicted octanol–water partition coefficient (Wildman–Crippen LogP) is 3.79. The number of para-hydroxylation sites is 1. The van der Waals surface area contributed by atoms with Gasteiger partial charge < -0.3 is 24.8 Å². The molecule has 2 aliphatic rings. The molecule has 1 heterocycles. The third-order valence-electron chi connectivity index (χ3n) is 5.86. The third kappa shape index (κ3) is 5.33. The van der Waals surface area contributed by atoms with E-state index in [1.165, 1.54) is 12.1 Å². The van der Waals surface area contributed by atoms with Gasteiger partial charge in [-0.2, -0.15) is 0 Å². The zero-order valence-electron chi connectivity index (χ0n) is 18.7. The SMILES string of the molecule is CN(C)CCCCNc1ccccc1S(=O)(=O)Nc1ccc2c(c1OC(=O)O)OC[C@@H]1C[C@H]21. The fraction of sp³-hybridized carbons (Fsp3) is 0.435. The van der Waals surface area contributed by atoms with Crippen LogP contribution in [-0.2, 0) is 10.0 Å². The number of rotatable bonds is 10. The first-order chi connectivity index (χ1) is 15.8. The van der Waals surface area contributed by atoms with Crippen LogP contribution in [0.4, 0.5) is 16.2 Å². The molecule has 4 rings (SSSR count). The molecule has 0 aromatic heterocycles. The summed E-state index contributed by atoms with van der Waals surface area (Å²) in [5.41, 5.74) is 1.35. The minimum absolute atomic E-state index is 0.0241. The van der Waals surface area contributed by atoms with Gasteiger partial charge in [-0.05, 0) is 64.0 Å². The van der Waals surface area contributed by atoms with Gasteiger partial charge in [-0.15, -0.1) is 0 Å². The summed E-state index contributed by atoms with van der Waals surface area (Å²) in [5, 5.41) is 12.4. The molecule has 0 spiro atoms. The molecule has 2 aromatic rings. The Morgan fingerprint density at radius 1 is 1.18 bits per heavy atom. The number of ether oxygens (including phenoxy) is 2. The van der Waals surface area contributed by atoms with Crippen molar-refractivity contribution in [3.05, 3.63) is 42.0 Å². The van der Waals surface area contributed by atoms with Crippen LogP contribution in [0.25, 0.3) is 0 Å². The summed E-state index contributed by atoms with van der Waals surface area (Å²) >= 11 is 0. The van der Waals surface area contributed by atoms with Gasteiger partial charge in [0, 0.05) is 18.0 Å². The van der Waals surface area contributed by atoms with Crippen molar-refractivity contribution >= 4 is 27.6 Å². The number of benzene rings is 2. The van der Waals surface area contributed by atoms with Gasteiger partial charge in [-0.3, -0.25) is 4.72 Å². The van der Waals surface area contributed by atoms with E-state index in [0.29, 0.717) is 36.4 Å². The van der Waals surface area contributed by atoms with E-state index in [-0.39, 0.29) is 16.3 Å². The number of nitrogens with one attached hydrogen (secondary N) is 2. The van der Waals surface area contributed by atoms with Gasteiger partial charge in [-0.1, -0.05) is 18.2 Å². The van der Waals surface area contributed by atoms with E-state index in [1.54, 1.807) is 24.3 Å². The smallest absolute Gasteiger partial charge is 0.489 e. The van der Waals surface area contributed by atoms with E-state index in [0.717, 1.165) is 31.4 Å². The summed E-state index contributed by atoms with van der Waals surface area (Å²) in [6.45, 7) is 2.05. The van der Waals surface area contributed by atoms with E-state index >= 15 is 0 Å². The van der Waals surface area contributed by atoms with Crippen molar-refractivity contribution in [3.63, 3.8) is 0 Å². The van der Waals surface area contributed by atoms with Gasteiger partial charge in [0.1, 0.15) is 4.90 Å². The lowest BCUT2D eigenvalue weighted by molar-refractivity contribution is 0.141. The van der Waals surface area contributed by atoms with Crippen LogP contribution in [0.3, 0.4) is 0 Å². The monoisotopic (exact) mass is 475 g/mol. The molecule has 178 valence electrons. The van der Waals surface area contributed by atoms with Gasteiger partial charge in [0.2, 0.25) is 5.75 Å². The Bertz CT molecular complexity index is 1140. The van der Waals surface area contributed by atoms with Crippen molar-refractivity contribution < 1.29 is 27.8 Å². The van der Waals surface area contributed by atoms with Crippen molar-refractivity contribution in [2.45, 2.75) is 30.1 Å². The average molecular weight is 476 g/mol. The second-order valence-electron chi connectivity index (χ2n) is 8.68. The number of sulfonamides is 1. The van der Waals surface area contributed by atoms with Crippen LogP contribution < -0.4 is 19.5 Å². The average Bonchev–Trinajstić information content (AvgIpc) is 3.55. The van der Waals surface area contributed by atoms with Crippen LogP contribution in [0, 0.1) is 5.92 Å². The Labute approximate surface area is 193 Å². The fourth-order valence-electron chi connectivity index (χ4n) is 4.11. The van der Waals surface area contributed by atoms with Gasteiger partial charge >= 0.3 is 6.16 Å². The highest BCUT2D eigenvalue weighted by atomic mass is 32.2. The molecule has 2 aromatic carbocycles. The number of anilines is 2. The van der Waals surface area contributed by atoms with Crippen molar-refractivity contribution in [2.75, 3.05) is 43.8 Å². The molecule has 10 heteroatoms. The van der Waals surface area contributed by atoms with Crippen LogP contribution >= 0.6 is 0 Å². The van der Waals surface area contributed by atoms with Gasteiger partial charge in [0.15, 0.2) is 5.75 Å². The quantitative estimate of drug-likeness (QED) is 0.270. The zero-order valence-corrected chi connectivity index (χ0v) is 19.5. The first-order valence-corrected chi connectivity index (χ1v) is 12.5. The van der Waals surface area contributed by atoms with Crippen LogP contribution in [0.15, 0.2) is 41.3 Å². The third-order valence-corrected chi connectivity index (χ3v) is 7.29. The van der Waals surface area contributed by atoms with Crippen molar-refractivity contribution in [1.82, 2.24) is 4.90 Å². The number of hydrogen-bond donors (Lipinski definition) is 3. The first-order valence-electron chi connectivity index (χ1n) is 11.0. The molecule has 1 aliphatic heterocycles. The van der Waals surface area contributed by atoms with Crippen molar-refractivity contribution in [3.8, 4) is 11.5 Å². The van der Waals surface area contributed by atoms with E-state index < -0.39 is 16.2 Å². The van der Waals surface area contributed by atoms with Crippen LogP contribution in [0.5, 0.6) is 11.5 Å². The van der Waals surface area contributed by atoms with Gasteiger partial charge in [0.25, 0.3) is 10.0 Å². The molecular weight excluding hydrogens is 446 g/mol. The molecule has 0 unspecified atom stereocenters. The van der Waals surface area contributed by atoms with E-state index in [9.17, 15) is 18.3 Å². The molecule has 0 radical (unpaired) electrons. The Hall–Kier alpha value is -2.98. The van der Waals surface area contributed by atoms with Crippen molar-refractivity contribution in [1.29, 1.82) is 0 Å². The summed E-state index contributed by atoms with van der Waals surface area (Å²) in [6, 6.07) is 9.93. The van der Waals surface area contributed by atoms with E-state index in [4.69, 9.17) is 9.47 Å². The number of unbranched alkanes of at least 4 members (excludes halogenated alkanes) is 1. The van der Waals surface area contributed by atoms with Crippen LogP contribution in [-0.4, -0.2) is 58.4 Å². The van der Waals surface area contributed by atoms with E-state index in [2.05, 4.69) is 14.9 Å². The highest BCUT2D eigenvalue weighted by Crippen LogP contribution is 2.57. The lowest BCUT2D eigenvalue weighted by Gasteiger charge is -2.22. The Morgan fingerprint density at radius 2 is 1.97 bits per heavy atom. The molecule has 1 saturated carbocycles. The molecule has 9 nitrogen and oxygen atoms in total. The van der Waals surface area contributed by atoms with Gasteiger partial charge in [-0.25, -0.2) is 13.2 Å². The number of carboxylic acid groups (broad SMARTS) is 1. The summed E-state index contributed by atoms with van der Waals surface area (Å²) in [6.07, 6.45) is 1.31. The lowest BCUT2D eigenvalue weighted by Crippen LogP contribution is -2.19. The van der Waals surface area contributed by atoms with Crippen LogP contribution in [0.1, 0.15) is 30.7 Å². The topological polar surface area (TPSA) is 117 Å². The maximum absolute atomic E-state index is 13.3. The largest absolute Gasteiger partial charge is 0.511 e. The summed E-state index contributed by atoms with van der Waals surface area (Å²) < 4.78 is 39.8. The summed E-state index contributed by atoms with van der Waals surface area (Å²) in [4.78, 5) is 13.5. The lowest BCUT2D eigenvalue weighted by atomic mass is 10.0. The standard InChI is InChI=1S/C23H29N3O6S/c1-26(2)12-6-5-11-24-18-7-3-4-8-20(18)33(29,30)25-19-10-9-16-17-13-15(17)14-31-21(16)22(19)32-23(27)28/h3-4,7-10,15,17,24-25H,5-6,11-14H2,1-2H3,(H,27,28)/t15-,17-/m0/s1. The minimum atomic E-state index is -4.04. The number of carbonyl (C=O) groups is 1. The van der Waals surface area contributed by atoms with E-state index in [1.807, 2.05) is 14.1 Å². The Balaban J connectivity index is 1.56. The fourth-order valence-corrected chi connectivity index (χ4v) is 5.36. The van der Waals surface area contributed by atoms with Crippen molar-refractivity contribution in [2.24, 2.45) is 5.92 Å².